The Morgan fingerprint density at radius 2 is 1.75 bits per heavy atom. The first kappa shape index (κ1) is 14.7. The minimum atomic E-state index is -4.69. The molecule has 2 aromatic rings. The van der Waals surface area contributed by atoms with E-state index in [1.807, 2.05) is 6.92 Å². The molecule has 0 saturated heterocycles. The van der Waals surface area contributed by atoms with E-state index in [0.29, 0.717) is 23.1 Å². The fourth-order valence-corrected chi connectivity index (χ4v) is 2.06. The van der Waals surface area contributed by atoms with Crippen LogP contribution in [0.4, 0.5) is 13.2 Å². The average molecular weight is 284 g/mol. The Kier molecular flexibility index (Phi) is 4.18. The number of benzene rings is 2. The third kappa shape index (κ3) is 2.88. The van der Waals surface area contributed by atoms with Gasteiger partial charge in [0, 0.05) is 5.39 Å². The summed E-state index contributed by atoms with van der Waals surface area (Å²) in [6.07, 6.45) is -6.37. The van der Waals surface area contributed by atoms with Crippen molar-refractivity contribution in [3.8, 4) is 5.75 Å². The number of halogens is 3. The monoisotopic (exact) mass is 284 g/mol. The van der Waals surface area contributed by atoms with Gasteiger partial charge in [-0.1, -0.05) is 37.3 Å². The molecule has 2 nitrogen and oxygen atoms in total. The summed E-state index contributed by atoms with van der Waals surface area (Å²) in [6.45, 7) is 2.44. The van der Waals surface area contributed by atoms with E-state index in [1.54, 1.807) is 24.3 Å². The second kappa shape index (κ2) is 5.71. The molecule has 0 aromatic heterocycles. The first-order valence-corrected chi connectivity index (χ1v) is 6.34. The van der Waals surface area contributed by atoms with Crippen molar-refractivity contribution in [3.05, 3.63) is 42.0 Å². The molecule has 0 heterocycles. The minimum Gasteiger partial charge on any atom is -0.493 e. The predicted octanol–water partition coefficient (Wildman–Crippen LogP) is 4.22. The van der Waals surface area contributed by atoms with Gasteiger partial charge in [0.25, 0.3) is 0 Å². The first-order chi connectivity index (χ1) is 9.45. The van der Waals surface area contributed by atoms with Crippen molar-refractivity contribution in [2.75, 3.05) is 6.61 Å². The van der Waals surface area contributed by atoms with Crippen molar-refractivity contribution in [3.63, 3.8) is 0 Å². The van der Waals surface area contributed by atoms with Gasteiger partial charge in [-0.15, -0.1) is 0 Å². The van der Waals surface area contributed by atoms with Crippen LogP contribution < -0.4 is 4.74 Å². The van der Waals surface area contributed by atoms with E-state index < -0.39 is 12.3 Å². The molecule has 1 N–H and O–H groups in total. The number of alkyl halides is 3. The number of aliphatic hydroxyl groups is 1. The van der Waals surface area contributed by atoms with Crippen LogP contribution in [0.2, 0.25) is 0 Å². The Labute approximate surface area is 114 Å². The molecule has 0 aliphatic carbocycles. The molecule has 5 heteroatoms. The van der Waals surface area contributed by atoms with Gasteiger partial charge in [0.1, 0.15) is 5.75 Å². The zero-order valence-corrected chi connectivity index (χ0v) is 10.9. The van der Waals surface area contributed by atoms with Gasteiger partial charge in [0.2, 0.25) is 0 Å². The van der Waals surface area contributed by atoms with Gasteiger partial charge in [-0.25, -0.2) is 0 Å². The average Bonchev–Trinajstić information content (AvgIpc) is 2.42. The van der Waals surface area contributed by atoms with Crippen molar-refractivity contribution in [2.24, 2.45) is 0 Å². The molecule has 1 unspecified atom stereocenters. The zero-order valence-electron chi connectivity index (χ0n) is 10.9. The largest absolute Gasteiger partial charge is 0.493 e. The van der Waals surface area contributed by atoms with Gasteiger partial charge in [0.05, 0.1) is 6.61 Å². The van der Waals surface area contributed by atoms with Gasteiger partial charge in [-0.05, 0) is 23.4 Å². The Bertz CT molecular complexity index is 593. The van der Waals surface area contributed by atoms with Crippen LogP contribution in [-0.2, 0) is 0 Å². The standard InChI is InChI=1S/C15H15F3O2/c1-2-9-20-13-8-4-5-10-11(13)6-3-7-12(10)14(19)15(16,17)18/h3-8,14,19H,2,9H2,1H3. The summed E-state index contributed by atoms with van der Waals surface area (Å²) in [5.41, 5.74) is -0.156. The Morgan fingerprint density at radius 1 is 1.10 bits per heavy atom. The number of aliphatic hydroxyl groups excluding tert-OH is 1. The van der Waals surface area contributed by atoms with E-state index in [1.165, 1.54) is 12.1 Å². The third-order valence-electron chi connectivity index (χ3n) is 2.98. The maximum absolute atomic E-state index is 12.7. The van der Waals surface area contributed by atoms with Crippen LogP contribution in [0.5, 0.6) is 5.75 Å². The summed E-state index contributed by atoms with van der Waals surface area (Å²) < 4.78 is 43.6. The molecular formula is C15H15F3O2. The normalized spacial score (nSPS) is 13.4. The highest BCUT2D eigenvalue weighted by Crippen LogP contribution is 2.38. The van der Waals surface area contributed by atoms with Crippen LogP contribution in [0.1, 0.15) is 25.0 Å². The summed E-state index contributed by atoms with van der Waals surface area (Å²) in [4.78, 5) is 0. The van der Waals surface area contributed by atoms with Gasteiger partial charge >= 0.3 is 6.18 Å². The van der Waals surface area contributed by atoms with Crippen LogP contribution >= 0.6 is 0 Å². The van der Waals surface area contributed by atoms with Crippen LogP contribution in [0, 0.1) is 0 Å². The van der Waals surface area contributed by atoms with Gasteiger partial charge in [0.15, 0.2) is 6.10 Å². The topological polar surface area (TPSA) is 29.5 Å². The maximum atomic E-state index is 12.7. The first-order valence-electron chi connectivity index (χ1n) is 6.34. The second-order valence-corrected chi connectivity index (χ2v) is 4.49. The number of rotatable bonds is 4. The van der Waals surface area contributed by atoms with E-state index in [4.69, 9.17) is 4.74 Å². The van der Waals surface area contributed by atoms with E-state index in [0.717, 1.165) is 6.42 Å². The van der Waals surface area contributed by atoms with E-state index in [2.05, 4.69) is 0 Å². The molecule has 0 aliphatic heterocycles. The molecule has 0 radical (unpaired) electrons. The van der Waals surface area contributed by atoms with Crippen LogP contribution in [0.25, 0.3) is 10.8 Å². The van der Waals surface area contributed by atoms with E-state index in [9.17, 15) is 18.3 Å². The molecule has 2 aromatic carbocycles. The summed E-state index contributed by atoms with van der Waals surface area (Å²) in [6, 6.07) is 9.35. The molecular weight excluding hydrogens is 269 g/mol. The van der Waals surface area contributed by atoms with E-state index in [-0.39, 0.29) is 5.56 Å². The number of hydrogen-bond donors (Lipinski definition) is 1. The van der Waals surface area contributed by atoms with Crippen molar-refractivity contribution >= 4 is 10.8 Å². The van der Waals surface area contributed by atoms with Crippen molar-refractivity contribution < 1.29 is 23.0 Å². The molecule has 0 spiro atoms. The lowest BCUT2D eigenvalue weighted by atomic mass is 9.99. The fourth-order valence-electron chi connectivity index (χ4n) is 2.06. The highest BCUT2D eigenvalue weighted by Gasteiger charge is 2.40. The Balaban J connectivity index is 2.53. The predicted molar refractivity (Wildman–Crippen MR) is 70.7 cm³/mol. The number of hydrogen-bond acceptors (Lipinski definition) is 2. The summed E-state index contributed by atoms with van der Waals surface area (Å²) in [5, 5.41) is 10.4. The fraction of sp³-hybridized carbons (Fsp3) is 0.333. The number of fused-ring (bicyclic) bond motifs is 1. The highest BCUT2D eigenvalue weighted by atomic mass is 19.4. The summed E-state index contributed by atoms with van der Waals surface area (Å²) in [5.74, 6) is 0.528. The Morgan fingerprint density at radius 3 is 2.40 bits per heavy atom. The van der Waals surface area contributed by atoms with Crippen molar-refractivity contribution in [1.29, 1.82) is 0 Å². The lowest BCUT2D eigenvalue weighted by Crippen LogP contribution is -2.20. The molecule has 1 atom stereocenters. The lowest BCUT2D eigenvalue weighted by molar-refractivity contribution is -0.206. The minimum absolute atomic E-state index is 0.156. The highest BCUT2D eigenvalue weighted by molar-refractivity contribution is 5.91. The van der Waals surface area contributed by atoms with Crippen molar-refractivity contribution in [2.45, 2.75) is 25.6 Å². The number of ether oxygens (including phenoxy) is 1. The SMILES string of the molecule is CCCOc1cccc2c(C(O)C(F)(F)F)cccc12. The van der Waals surface area contributed by atoms with Crippen LogP contribution in [0.15, 0.2) is 36.4 Å². The second-order valence-electron chi connectivity index (χ2n) is 4.49. The van der Waals surface area contributed by atoms with Gasteiger partial charge in [-0.2, -0.15) is 13.2 Å². The molecule has 0 aliphatic rings. The van der Waals surface area contributed by atoms with Gasteiger partial charge < -0.3 is 9.84 Å². The molecule has 0 fully saturated rings. The molecule has 20 heavy (non-hydrogen) atoms. The van der Waals surface area contributed by atoms with Crippen LogP contribution in [0.3, 0.4) is 0 Å². The summed E-state index contributed by atoms with van der Waals surface area (Å²) in [7, 11) is 0. The smallest absolute Gasteiger partial charge is 0.418 e. The third-order valence-corrected chi connectivity index (χ3v) is 2.98. The molecule has 0 amide bonds. The zero-order chi connectivity index (χ0) is 14.8. The maximum Gasteiger partial charge on any atom is 0.418 e. The van der Waals surface area contributed by atoms with Crippen molar-refractivity contribution in [1.82, 2.24) is 0 Å². The molecule has 108 valence electrons. The van der Waals surface area contributed by atoms with Crippen LogP contribution in [-0.4, -0.2) is 17.9 Å². The Hall–Kier alpha value is -1.75. The lowest BCUT2D eigenvalue weighted by Gasteiger charge is -2.18. The van der Waals surface area contributed by atoms with E-state index >= 15 is 0 Å². The molecule has 2 rings (SSSR count). The van der Waals surface area contributed by atoms with Gasteiger partial charge in [-0.3, -0.25) is 0 Å². The quantitative estimate of drug-likeness (QED) is 0.910. The summed E-state index contributed by atoms with van der Waals surface area (Å²) >= 11 is 0. The molecule has 0 bridgehead atoms. The molecule has 0 saturated carbocycles.